The number of carbonyl (C=O) groups excluding carboxylic acids is 3. The average molecular weight is 497 g/mol. The van der Waals surface area contributed by atoms with Crippen LogP contribution in [0.3, 0.4) is 0 Å². The number of hydrogen-bond donors (Lipinski definition) is 1. The number of anilines is 2. The number of benzene rings is 2. The molecular weight excluding hydrogens is 482 g/mol. The zero-order chi connectivity index (χ0) is 21.8. The molecule has 3 rings (SSSR count). The summed E-state index contributed by atoms with van der Waals surface area (Å²) in [4.78, 5) is 48.1. The minimum absolute atomic E-state index is 0.0651. The average Bonchev–Trinajstić information content (AvgIpc) is 3.10. The molecule has 0 radical (unpaired) electrons. The minimum Gasteiger partial charge on any atom is -0.455 e. The van der Waals surface area contributed by atoms with Crippen molar-refractivity contribution >= 4 is 62.4 Å². The zero-order valence-corrected chi connectivity index (χ0v) is 17.7. The molecule has 0 aromatic heterocycles. The van der Waals surface area contributed by atoms with E-state index in [0.29, 0.717) is 16.4 Å². The van der Waals surface area contributed by atoms with Gasteiger partial charge in [0.1, 0.15) is 0 Å². The van der Waals surface area contributed by atoms with Gasteiger partial charge in [-0.1, -0.05) is 27.5 Å². The molecule has 0 bridgehead atoms. The van der Waals surface area contributed by atoms with Crippen molar-refractivity contribution in [1.82, 2.24) is 0 Å². The highest BCUT2D eigenvalue weighted by Gasteiger charge is 2.36. The molecule has 1 atom stereocenters. The Labute approximate surface area is 184 Å². The van der Waals surface area contributed by atoms with Gasteiger partial charge in [0, 0.05) is 35.3 Å². The van der Waals surface area contributed by atoms with Crippen molar-refractivity contribution in [2.45, 2.75) is 6.42 Å². The van der Waals surface area contributed by atoms with Gasteiger partial charge >= 0.3 is 5.97 Å². The van der Waals surface area contributed by atoms with Gasteiger partial charge in [0.15, 0.2) is 6.61 Å². The van der Waals surface area contributed by atoms with Gasteiger partial charge in [-0.15, -0.1) is 0 Å². The second-order valence-corrected chi connectivity index (χ2v) is 7.78. The number of nitro benzene ring substituents is 1. The van der Waals surface area contributed by atoms with Crippen molar-refractivity contribution in [1.29, 1.82) is 0 Å². The Morgan fingerprint density at radius 2 is 1.97 bits per heavy atom. The van der Waals surface area contributed by atoms with Crippen molar-refractivity contribution in [2.75, 3.05) is 23.4 Å². The third-order valence-corrected chi connectivity index (χ3v) is 5.19. The SMILES string of the molecule is O=C(COC(=O)[C@@H]1CC(=O)N(c2ccc([N+](=O)[O-])cc2)C1)Nc1ccc(Br)cc1Cl. The highest BCUT2D eigenvalue weighted by atomic mass is 79.9. The summed E-state index contributed by atoms with van der Waals surface area (Å²) in [5.74, 6) is -2.29. The molecule has 0 aliphatic carbocycles. The number of halogens is 2. The van der Waals surface area contributed by atoms with Gasteiger partial charge in [-0.3, -0.25) is 24.5 Å². The molecule has 1 saturated heterocycles. The molecule has 0 unspecified atom stereocenters. The number of nitro groups is 1. The van der Waals surface area contributed by atoms with Crippen LogP contribution >= 0.6 is 27.5 Å². The van der Waals surface area contributed by atoms with E-state index >= 15 is 0 Å². The molecule has 30 heavy (non-hydrogen) atoms. The molecule has 11 heteroatoms. The van der Waals surface area contributed by atoms with Crippen molar-refractivity contribution in [2.24, 2.45) is 5.92 Å². The number of ether oxygens (including phenoxy) is 1. The van der Waals surface area contributed by atoms with E-state index in [2.05, 4.69) is 21.2 Å². The van der Waals surface area contributed by atoms with Crippen LogP contribution < -0.4 is 10.2 Å². The standard InChI is InChI=1S/C19H15BrClN3O6/c20-12-1-6-16(15(21)8-12)22-17(25)10-30-19(27)11-7-18(26)23(9-11)13-2-4-14(5-3-13)24(28)29/h1-6,8,11H,7,9-10H2,(H,22,25)/t11-/m1/s1. The Morgan fingerprint density at radius 1 is 1.27 bits per heavy atom. The third-order valence-electron chi connectivity index (χ3n) is 4.38. The van der Waals surface area contributed by atoms with Gasteiger partial charge in [-0.25, -0.2) is 0 Å². The third kappa shape index (κ3) is 5.14. The molecule has 1 N–H and O–H groups in total. The number of nitrogens with zero attached hydrogens (tertiary/aromatic N) is 2. The molecule has 2 amide bonds. The van der Waals surface area contributed by atoms with Crippen LogP contribution in [-0.4, -0.2) is 35.9 Å². The molecular formula is C19H15BrClN3O6. The molecule has 2 aromatic carbocycles. The van der Waals surface area contributed by atoms with Crippen molar-refractivity contribution in [3.05, 3.63) is 62.1 Å². The van der Waals surface area contributed by atoms with Crippen molar-refractivity contribution < 1.29 is 24.0 Å². The van der Waals surface area contributed by atoms with E-state index in [1.807, 2.05) is 0 Å². The number of hydrogen-bond acceptors (Lipinski definition) is 6. The first-order chi connectivity index (χ1) is 14.2. The molecule has 0 saturated carbocycles. The molecule has 0 spiro atoms. The monoisotopic (exact) mass is 495 g/mol. The lowest BCUT2D eigenvalue weighted by Crippen LogP contribution is -2.28. The Morgan fingerprint density at radius 3 is 2.60 bits per heavy atom. The van der Waals surface area contributed by atoms with Crippen LogP contribution in [0.25, 0.3) is 0 Å². The molecule has 1 heterocycles. The first-order valence-electron chi connectivity index (χ1n) is 8.71. The molecule has 9 nitrogen and oxygen atoms in total. The second-order valence-electron chi connectivity index (χ2n) is 6.46. The van der Waals surface area contributed by atoms with Crippen LogP contribution in [0.2, 0.25) is 5.02 Å². The smallest absolute Gasteiger partial charge is 0.311 e. The lowest BCUT2D eigenvalue weighted by Gasteiger charge is -2.16. The van der Waals surface area contributed by atoms with Gasteiger partial charge in [0.25, 0.3) is 11.6 Å². The first kappa shape index (κ1) is 21.7. The molecule has 156 valence electrons. The minimum atomic E-state index is -0.739. The number of amides is 2. The fraction of sp³-hybridized carbons (Fsp3) is 0.211. The van der Waals surface area contributed by atoms with E-state index in [1.54, 1.807) is 18.2 Å². The van der Waals surface area contributed by atoms with Gasteiger partial charge in [-0.05, 0) is 30.3 Å². The van der Waals surface area contributed by atoms with E-state index in [-0.39, 0.29) is 24.6 Å². The van der Waals surface area contributed by atoms with Crippen molar-refractivity contribution in [3.8, 4) is 0 Å². The number of esters is 1. The highest BCUT2D eigenvalue weighted by molar-refractivity contribution is 9.10. The van der Waals surface area contributed by atoms with E-state index in [0.717, 1.165) is 4.47 Å². The van der Waals surface area contributed by atoms with E-state index in [1.165, 1.54) is 29.2 Å². The van der Waals surface area contributed by atoms with Crippen LogP contribution in [0.15, 0.2) is 46.9 Å². The zero-order valence-electron chi connectivity index (χ0n) is 15.3. The van der Waals surface area contributed by atoms with E-state index < -0.39 is 29.3 Å². The summed E-state index contributed by atoms with van der Waals surface area (Å²) >= 11 is 9.28. The fourth-order valence-electron chi connectivity index (χ4n) is 2.90. The first-order valence-corrected chi connectivity index (χ1v) is 9.88. The van der Waals surface area contributed by atoms with E-state index in [9.17, 15) is 24.5 Å². The number of carbonyl (C=O) groups is 3. The predicted octanol–water partition coefficient (Wildman–Crippen LogP) is 3.55. The van der Waals surface area contributed by atoms with E-state index in [4.69, 9.17) is 16.3 Å². The van der Waals surface area contributed by atoms with Crippen molar-refractivity contribution in [3.63, 3.8) is 0 Å². The Balaban J connectivity index is 1.54. The summed E-state index contributed by atoms with van der Waals surface area (Å²) < 4.78 is 5.79. The Kier molecular flexibility index (Phi) is 6.68. The van der Waals surface area contributed by atoms with Gasteiger partial charge in [-0.2, -0.15) is 0 Å². The summed E-state index contributed by atoms with van der Waals surface area (Å²) in [6.45, 7) is -0.455. The van der Waals surface area contributed by atoms with Gasteiger partial charge < -0.3 is 15.0 Å². The quantitative estimate of drug-likeness (QED) is 0.371. The normalized spacial score (nSPS) is 15.7. The summed E-state index contributed by atoms with van der Waals surface area (Å²) in [5, 5.41) is 13.6. The lowest BCUT2D eigenvalue weighted by atomic mass is 10.1. The maximum absolute atomic E-state index is 12.3. The maximum atomic E-state index is 12.3. The van der Waals surface area contributed by atoms with Crippen LogP contribution in [0.4, 0.5) is 17.1 Å². The molecule has 1 aliphatic heterocycles. The Bertz CT molecular complexity index is 1010. The largest absolute Gasteiger partial charge is 0.455 e. The summed E-state index contributed by atoms with van der Waals surface area (Å²) in [6.07, 6.45) is -0.0734. The Hall–Kier alpha value is -2.98. The number of non-ortho nitro benzene ring substituents is 1. The molecule has 1 fully saturated rings. The summed E-state index contributed by atoms with van der Waals surface area (Å²) in [6, 6.07) is 10.4. The second kappa shape index (κ2) is 9.23. The molecule has 2 aromatic rings. The van der Waals surface area contributed by atoms with Crippen LogP contribution in [0.1, 0.15) is 6.42 Å². The summed E-state index contributed by atoms with van der Waals surface area (Å²) in [7, 11) is 0. The fourth-order valence-corrected chi connectivity index (χ4v) is 3.62. The predicted molar refractivity (Wildman–Crippen MR) is 112 cm³/mol. The van der Waals surface area contributed by atoms with Crippen LogP contribution in [-0.2, 0) is 19.1 Å². The van der Waals surface area contributed by atoms with Gasteiger partial charge in [0.2, 0.25) is 5.91 Å². The number of rotatable bonds is 6. The topological polar surface area (TPSA) is 119 Å². The van der Waals surface area contributed by atoms with Crippen LogP contribution in [0.5, 0.6) is 0 Å². The highest BCUT2D eigenvalue weighted by Crippen LogP contribution is 2.28. The van der Waals surface area contributed by atoms with Gasteiger partial charge in [0.05, 0.1) is 21.6 Å². The lowest BCUT2D eigenvalue weighted by molar-refractivity contribution is -0.384. The van der Waals surface area contributed by atoms with Crippen LogP contribution in [0, 0.1) is 16.0 Å². The maximum Gasteiger partial charge on any atom is 0.311 e. The number of nitrogens with one attached hydrogen (secondary N) is 1. The summed E-state index contributed by atoms with van der Waals surface area (Å²) in [5.41, 5.74) is 0.725. The molecule has 1 aliphatic rings.